The lowest BCUT2D eigenvalue weighted by Gasteiger charge is -2.32. The van der Waals surface area contributed by atoms with Crippen LogP contribution in [-0.2, 0) is 4.79 Å². The SMILES string of the molecule is COc1ccccc1Nc1nccc(C(=O)N2CCN(C=O)CC2)n1. The molecule has 1 N–H and O–H groups in total. The van der Waals surface area contributed by atoms with Crippen molar-refractivity contribution in [1.82, 2.24) is 19.8 Å². The summed E-state index contributed by atoms with van der Waals surface area (Å²) >= 11 is 0. The quantitative estimate of drug-likeness (QED) is 0.821. The summed E-state index contributed by atoms with van der Waals surface area (Å²) in [6, 6.07) is 8.98. The van der Waals surface area contributed by atoms with Gasteiger partial charge in [-0.3, -0.25) is 9.59 Å². The van der Waals surface area contributed by atoms with E-state index in [0.717, 1.165) is 6.41 Å². The molecule has 0 saturated carbocycles. The number of benzene rings is 1. The van der Waals surface area contributed by atoms with Gasteiger partial charge in [0.1, 0.15) is 11.4 Å². The Labute approximate surface area is 145 Å². The standard InChI is InChI=1S/C17H19N5O3/c1-25-15-5-3-2-4-13(15)19-17-18-7-6-14(20-17)16(24)22-10-8-21(12-23)9-11-22/h2-7,12H,8-11H2,1H3,(H,18,19,20). The molecule has 130 valence electrons. The van der Waals surface area contributed by atoms with E-state index in [9.17, 15) is 9.59 Å². The van der Waals surface area contributed by atoms with Crippen molar-refractivity contribution in [3.8, 4) is 5.75 Å². The number of rotatable bonds is 5. The van der Waals surface area contributed by atoms with Crippen LogP contribution in [0.1, 0.15) is 10.5 Å². The van der Waals surface area contributed by atoms with Crippen LogP contribution < -0.4 is 10.1 Å². The number of ether oxygens (including phenoxy) is 1. The molecule has 0 aliphatic carbocycles. The molecule has 25 heavy (non-hydrogen) atoms. The van der Waals surface area contributed by atoms with Crippen molar-refractivity contribution in [1.29, 1.82) is 0 Å². The lowest BCUT2D eigenvalue weighted by Crippen LogP contribution is -2.48. The van der Waals surface area contributed by atoms with Crippen LogP contribution in [0.15, 0.2) is 36.5 Å². The molecule has 8 heteroatoms. The van der Waals surface area contributed by atoms with Crippen molar-refractivity contribution in [2.24, 2.45) is 0 Å². The van der Waals surface area contributed by atoms with Gasteiger partial charge in [0.05, 0.1) is 12.8 Å². The molecule has 1 saturated heterocycles. The maximum absolute atomic E-state index is 12.6. The fourth-order valence-electron chi connectivity index (χ4n) is 2.60. The third-order valence-corrected chi connectivity index (χ3v) is 3.98. The van der Waals surface area contributed by atoms with Gasteiger partial charge in [-0.25, -0.2) is 9.97 Å². The predicted octanol–water partition coefficient (Wildman–Crippen LogP) is 1.14. The summed E-state index contributed by atoms with van der Waals surface area (Å²) in [5.74, 6) is 0.811. The number of nitrogens with zero attached hydrogens (tertiary/aromatic N) is 4. The van der Waals surface area contributed by atoms with E-state index in [2.05, 4.69) is 15.3 Å². The van der Waals surface area contributed by atoms with Crippen molar-refractivity contribution in [3.05, 3.63) is 42.2 Å². The summed E-state index contributed by atoms with van der Waals surface area (Å²) in [5, 5.41) is 3.07. The van der Waals surface area contributed by atoms with Crippen LogP contribution in [0.3, 0.4) is 0 Å². The number of amides is 2. The monoisotopic (exact) mass is 341 g/mol. The summed E-state index contributed by atoms with van der Waals surface area (Å²) in [6.45, 7) is 2.06. The van der Waals surface area contributed by atoms with Crippen LogP contribution in [0.4, 0.5) is 11.6 Å². The number of carbonyl (C=O) groups excluding carboxylic acids is 2. The molecule has 2 aromatic rings. The smallest absolute Gasteiger partial charge is 0.272 e. The summed E-state index contributed by atoms with van der Waals surface area (Å²) in [7, 11) is 1.58. The van der Waals surface area contributed by atoms with Gasteiger partial charge in [0.25, 0.3) is 5.91 Å². The van der Waals surface area contributed by atoms with Gasteiger partial charge in [-0.2, -0.15) is 0 Å². The Morgan fingerprint density at radius 1 is 1.20 bits per heavy atom. The molecule has 1 fully saturated rings. The highest BCUT2D eigenvalue weighted by atomic mass is 16.5. The Bertz CT molecular complexity index is 759. The Hall–Kier alpha value is -3.16. The Morgan fingerprint density at radius 3 is 2.68 bits per heavy atom. The zero-order valence-electron chi connectivity index (χ0n) is 13.9. The van der Waals surface area contributed by atoms with Gasteiger partial charge < -0.3 is 19.9 Å². The average molecular weight is 341 g/mol. The maximum atomic E-state index is 12.6. The third-order valence-electron chi connectivity index (χ3n) is 3.98. The summed E-state index contributed by atoms with van der Waals surface area (Å²) in [6.07, 6.45) is 2.35. The Morgan fingerprint density at radius 2 is 1.96 bits per heavy atom. The highest BCUT2D eigenvalue weighted by Crippen LogP contribution is 2.25. The van der Waals surface area contributed by atoms with E-state index in [1.54, 1.807) is 29.2 Å². The number of methoxy groups -OCH3 is 1. The predicted molar refractivity (Wildman–Crippen MR) is 91.8 cm³/mol. The minimum atomic E-state index is -0.170. The van der Waals surface area contributed by atoms with Crippen LogP contribution in [0, 0.1) is 0 Å². The van der Waals surface area contributed by atoms with E-state index >= 15 is 0 Å². The Kier molecular flexibility index (Phi) is 5.08. The van der Waals surface area contributed by atoms with Crippen LogP contribution >= 0.6 is 0 Å². The average Bonchev–Trinajstić information content (AvgIpc) is 2.68. The van der Waals surface area contributed by atoms with E-state index in [-0.39, 0.29) is 5.91 Å². The van der Waals surface area contributed by atoms with E-state index in [0.29, 0.717) is 49.3 Å². The number of hydrogen-bond donors (Lipinski definition) is 1. The highest BCUT2D eigenvalue weighted by molar-refractivity contribution is 5.92. The van der Waals surface area contributed by atoms with Crippen LogP contribution in [-0.4, -0.2) is 65.4 Å². The van der Waals surface area contributed by atoms with E-state index in [1.165, 1.54) is 0 Å². The Balaban J connectivity index is 1.73. The molecule has 0 bridgehead atoms. The number of nitrogens with one attached hydrogen (secondary N) is 1. The minimum Gasteiger partial charge on any atom is -0.495 e. The topological polar surface area (TPSA) is 87.7 Å². The number of hydrogen-bond acceptors (Lipinski definition) is 6. The molecule has 8 nitrogen and oxygen atoms in total. The molecule has 2 amide bonds. The third kappa shape index (κ3) is 3.85. The van der Waals surface area contributed by atoms with Crippen molar-refractivity contribution in [2.75, 3.05) is 38.6 Å². The normalized spacial score (nSPS) is 14.1. The van der Waals surface area contributed by atoms with Gasteiger partial charge in [-0.15, -0.1) is 0 Å². The van der Waals surface area contributed by atoms with Crippen molar-refractivity contribution in [3.63, 3.8) is 0 Å². The number of piperazine rings is 1. The number of anilines is 2. The van der Waals surface area contributed by atoms with Gasteiger partial charge in [0, 0.05) is 32.4 Å². The van der Waals surface area contributed by atoms with Gasteiger partial charge in [-0.1, -0.05) is 12.1 Å². The van der Waals surface area contributed by atoms with Crippen LogP contribution in [0.25, 0.3) is 0 Å². The second kappa shape index (κ2) is 7.61. The van der Waals surface area contributed by atoms with Gasteiger partial charge in [-0.05, 0) is 18.2 Å². The molecule has 0 radical (unpaired) electrons. The van der Waals surface area contributed by atoms with E-state index in [4.69, 9.17) is 4.74 Å². The second-order valence-electron chi connectivity index (χ2n) is 5.52. The first-order chi connectivity index (χ1) is 12.2. The molecule has 1 aliphatic heterocycles. The molecular weight excluding hydrogens is 322 g/mol. The van der Waals surface area contributed by atoms with Gasteiger partial charge in [0.15, 0.2) is 0 Å². The second-order valence-corrected chi connectivity index (χ2v) is 5.52. The molecule has 1 aromatic heterocycles. The van der Waals surface area contributed by atoms with Crippen molar-refractivity contribution < 1.29 is 14.3 Å². The lowest BCUT2D eigenvalue weighted by molar-refractivity contribution is -0.119. The van der Waals surface area contributed by atoms with Crippen molar-refractivity contribution in [2.45, 2.75) is 0 Å². The molecule has 0 atom stereocenters. The first kappa shape index (κ1) is 16.7. The molecule has 0 spiro atoms. The van der Waals surface area contributed by atoms with Crippen LogP contribution in [0.5, 0.6) is 5.75 Å². The fraction of sp³-hybridized carbons (Fsp3) is 0.294. The molecule has 3 rings (SSSR count). The van der Waals surface area contributed by atoms with E-state index < -0.39 is 0 Å². The number of aromatic nitrogens is 2. The zero-order chi connectivity index (χ0) is 17.6. The number of para-hydroxylation sites is 2. The molecule has 1 aliphatic rings. The zero-order valence-corrected chi connectivity index (χ0v) is 13.9. The number of carbonyl (C=O) groups is 2. The van der Waals surface area contributed by atoms with Gasteiger partial charge in [0.2, 0.25) is 12.4 Å². The van der Waals surface area contributed by atoms with E-state index in [1.807, 2.05) is 24.3 Å². The van der Waals surface area contributed by atoms with Crippen LogP contribution in [0.2, 0.25) is 0 Å². The molecular formula is C17H19N5O3. The maximum Gasteiger partial charge on any atom is 0.272 e. The first-order valence-corrected chi connectivity index (χ1v) is 7.93. The first-order valence-electron chi connectivity index (χ1n) is 7.93. The fourth-order valence-corrected chi connectivity index (χ4v) is 2.60. The molecule has 0 unspecified atom stereocenters. The minimum absolute atomic E-state index is 0.170. The lowest BCUT2D eigenvalue weighted by atomic mass is 10.3. The summed E-state index contributed by atoms with van der Waals surface area (Å²) < 4.78 is 5.28. The highest BCUT2D eigenvalue weighted by Gasteiger charge is 2.22. The van der Waals surface area contributed by atoms with Gasteiger partial charge >= 0.3 is 0 Å². The summed E-state index contributed by atoms with van der Waals surface area (Å²) in [5.41, 5.74) is 1.03. The van der Waals surface area contributed by atoms with Crippen molar-refractivity contribution >= 4 is 24.0 Å². The largest absolute Gasteiger partial charge is 0.495 e. The molecule has 2 heterocycles. The summed E-state index contributed by atoms with van der Waals surface area (Å²) in [4.78, 5) is 35.2. The molecule has 1 aromatic carbocycles.